The van der Waals surface area contributed by atoms with Crippen LogP contribution in [0.5, 0.6) is 0 Å². The molecule has 29 heavy (non-hydrogen) atoms. The van der Waals surface area contributed by atoms with E-state index in [-0.39, 0.29) is 30.3 Å². The van der Waals surface area contributed by atoms with E-state index < -0.39 is 11.9 Å². The summed E-state index contributed by atoms with van der Waals surface area (Å²) in [6, 6.07) is 16.5. The molecule has 2 heterocycles. The van der Waals surface area contributed by atoms with Crippen LogP contribution < -0.4 is 5.56 Å². The zero-order chi connectivity index (χ0) is 20.5. The highest BCUT2D eigenvalue weighted by atomic mass is 16.4. The number of carbonyl (C=O) groups excluding carboxylic acids is 1. The summed E-state index contributed by atoms with van der Waals surface area (Å²) in [5, 5.41) is 15.1. The monoisotopic (exact) mass is 391 g/mol. The van der Waals surface area contributed by atoms with Gasteiger partial charge in [0.05, 0.1) is 23.4 Å². The predicted octanol–water partition coefficient (Wildman–Crippen LogP) is 1.80. The number of aromatic nitrogens is 2. The van der Waals surface area contributed by atoms with Crippen molar-refractivity contribution in [3.8, 4) is 0 Å². The highest BCUT2D eigenvalue weighted by Crippen LogP contribution is 2.33. The minimum absolute atomic E-state index is 0.0164. The second-order valence-corrected chi connectivity index (χ2v) is 7.36. The minimum Gasteiger partial charge on any atom is -0.481 e. The van der Waals surface area contributed by atoms with Gasteiger partial charge in [0.15, 0.2) is 0 Å². The number of hydrogen-bond donors (Lipinski definition) is 1. The number of rotatable bonds is 4. The summed E-state index contributed by atoms with van der Waals surface area (Å²) >= 11 is 0. The standard InChI is InChI=1S/C22H21N3O4/c1-24-21(27)16-10-6-5-9-15(16)19(23-24)11-20(26)25-12-17(18(13-25)22(28)29)14-7-3-2-4-8-14/h2-10,17-18H,11-13H2,1H3,(H,28,29). The van der Waals surface area contributed by atoms with Gasteiger partial charge >= 0.3 is 5.97 Å². The lowest BCUT2D eigenvalue weighted by atomic mass is 9.89. The molecule has 1 saturated heterocycles. The van der Waals surface area contributed by atoms with E-state index in [1.807, 2.05) is 30.3 Å². The maximum absolute atomic E-state index is 13.0. The van der Waals surface area contributed by atoms with Gasteiger partial charge in [0.1, 0.15) is 0 Å². The average molecular weight is 391 g/mol. The van der Waals surface area contributed by atoms with Crippen molar-refractivity contribution in [1.82, 2.24) is 14.7 Å². The molecule has 0 bridgehead atoms. The van der Waals surface area contributed by atoms with Gasteiger partial charge in [-0.2, -0.15) is 5.10 Å². The summed E-state index contributed by atoms with van der Waals surface area (Å²) in [6.45, 7) is 0.515. The number of amides is 1. The largest absolute Gasteiger partial charge is 0.481 e. The molecule has 1 N–H and O–H groups in total. The molecule has 2 aromatic carbocycles. The van der Waals surface area contributed by atoms with Crippen molar-refractivity contribution in [2.45, 2.75) is 12.3 Å². The fourth-order valence-electron chi connectivity index (χ4n) is 4.06. The molecule has 0 saturated carbocycles. The Morgan fingerprint density at radius 2 is 1.69 bits per heavy atom. The Morgan fingerprint density at radius 3 is 2.38 bits per heavy atom. The molecule has 0 radical (unpaired) electrons. The van der Waals surface area contributed by atoms with Gasteiger partial charge in [-0.15, -0.1) is 0 Å². The van der Waals surface area contributed by atoms with Crippen molar-refractivity contribution in [2.75, 3.05) is 13.1 Å². The molecule has 2 unspecified atom stereocenters. The van der Waals surface area contributed by atoms with Crippen LogP contribution in [0.2, 0.25) is 0 Å². The van der Waals surface area contributed by atoms with Gasteiger partial charge in [-0.05, 0) is 11.6 Å². The van der Waals surface area contributed by atoms with Crippen molar-refractivity contribution in [3.63, 3.8) is 0 Å². The van der Waals surface area contributed by atoms with E-state index in [9.17, 15) is 19.5 Å². The van der Waals surface area contributed by atoms with E-state index >= 15 is 0 Å². The number of carboxylic acids is 1. The van der Waals surface area contributed by atoms with Crippen molar-refractivity contribution in [1.29, 1.82) is 0 Å². The first-order valence-electron chi connectivity index (χ1n) is 9.46. The number of aryl methyl sites for hydroxylation is 1. The molecule has 148 valence electrons. The van der Waals surface area contributed by atoms with Crippen molar-refractivity contribution in [2.24, 2.45) is 13.0 Å². The number of benzene rings is 2. The molecule has 1 aromatic heterocycles. The van der Waals surface area contributed by atoms with E-state index in [0.717, 1.165) is 5.56 Å². The number of aliphatic carboxylic acids is 1. The summed E-state index contributed by atoms with van der Waals surface area (Å²) in [5.41, 5.74) is 1.22. The first-order chi connectivity index (χ1) is 14.0. The van der Waals surface area contributed by atoms with E-state index in [4.69, 9.17) is 0 Å². The highest BCUT2D eigenvalue weighted by Gasteiger charge is 2.40. The molecule has 0 spiro atoms. The second kappa shape index (κ2) is 7.50. The normalized spacial score (nSPS) is 18.9. The first-order valence-corrected chi connectivity index (χ1v) is 9.46. The molecule has 1 aliphatic heterocycles. The lowest BCUT2D eigenvalue weighted by Crippen LogP contribution is -2.32. The molecule has 1 aliphatic rings. The third-order valence-electron chi connectivity index (χ3n) is 5.57. The number of carbonyl (C=O) groups is 2. The van der Waals surface area contributed by atoms with Gasteiger partial charge < -0.3 is 10.0 Å². The Labute approximate surface area is 167 Å². The lowest BCUT2D eigenvalue weighted by Gasteiger charge is -2.17. The van der Waals surface area contributed by atoms with Gasteiger partial charge in [-0.1, -0.05) is 48.5 Å². The molecule has 0 aliphatic carbocycles. The van der Waals surface area contributed by atoms with Crippen LogP contribution in [0, 0.1) is 5.92 Å². The van der Waals surface area contributed by atoms with Crippen molar-refractivity contribution < 1.29 is 14.7 Å². The number of fused-ring (bicyclic) bond motifs is 1. The maximum Gasteiger partial charge on any atom is 0.308 e. The Bertz CT molecular complexity index is 1140. The number of hydrogen-bond acceptors (Lipinski definition) is 4. The third-order valence-corrected chi connectivity index (χ3v) is 5.57. The molecule has 1 amide bonds. The van der Waals surface area contributed by atoms with Crippen LogP contribution in [-0.2, 0) is 23.1 Å². The smallest absolute Gasteiger partial charge is 0.308 e. The van der Waals surface area contributed by atoms with Crippen LogP contribution in [0.3, 0.4) is 0 Å². The fraction of sp³-hybridized carbons (Fsp3) is 0.273. The molecule has 7 nitrogen and oxygen atoms in total. The van der Waals surface area contributed by atoms with Crippen LogP contribution in [0.1, 0.15) is 17.2 Å². The number of nitrogens with zero attached hydrogens (tertiary/aromatic N) is 3. The molecule has 2 atom stereocenters. The Kier molecular flexibility index (Phi) is 4.88. The summed E-state index contributed by atoms with van der Waals surface area (Å²) < 4.78 is 1.24. The van der Waals surface area contributed by atoms with Crippen LogP contribution in [-0.4, -0.2) is 44.8 Å². The molecule has 1 fully saturated rings. The SMILES string of the molecule is Cn1nc(CC(=O)N2CC(C(=O)O)C(c3ccccc3)C2)c2ccccc2c1=O. The summed E-state index contributed by atoms with van der Waals surface area (Å²) in [6.07, 6.45) is 0.0164. The third kappa shape index (κ3) is 3.51. The van der Waals surface area contributed by atoms with E-state index in [2.05, 4.69) is 5.10 Å². The van der Waals surface area contributed by atoms with Crippen molar-refractivity contribution >= 4 is 22.6 Å². The Balaban J connectivity index is 1.61. The van der Waals surface area contributed by atoms with Crippen LogP contribution in [0.4, 0.5) is 0 Å². The highest BCUT2D eigenvalue weighted by molar-refractivity contribution is 5.89. The minimum atomic E-state index is -0.903. The van der Waals surface area contributed by atoms with Gasteiger partial charge in [0.25, 0.3) is 5.56 Å². The Morgan fingerprint density at radius 1 is 1.03 bits per heavy atom. The maximum atomic E-state index is 13.0. The van der Waals surface area contributed by atoms with E-state index in [1.165, 1.54) is 4.68 Å². The van der Waals surface area contributed by atoms with Crippen LogP contribution in [0.25, 0.3) is 10.8 Å². The summed E-state index contributed by atoms with van der Waals surface area (Å²) in [5.74, 6) is -1.99. The topological polar surface area (TPSA) is 92.5 Å². The van der Waals surface area contributed by atoms with Gasteiger partial charge in [0, 0.05) is 31.4 Å². The summed E-state index contributed by atoms with van der Waals surface area (Å²) in [4.78, 5) is 38.7. The summed E-state index contributed by atoms with van der Waals surface area (Å²) in [7, 11) is 1.56. The molecule has 7 heteroatoms. The molecule has 3 aromatic rings. The molecular formula is C22H21N3O4. The van der Waals surface area contributed by atoms with Gasteiger partial charge in [-0.25, -0.2) is 4.68 Å². The number of carboxylic acid groups (broad SMARTS) is 1. The van der Waals surface area contributed by atoms with Gasteiger partial charge in [0.2, 0.25) is 5.91 Å². The van der Waals surface area contributed by atoms with Crippen LogP contribution >= 0.6 is 0 Å². The van der Waals surface area contributed by atoms with Crippen molar-refractivity contribution in [3.05, 3.63) is 76.2 Å². The average Bonchev–Trinajstić information content (AvgIpc) is 3.18. The molecular weight excluding hydrogens is 370 g/mol. The van der Waals surface area contributed by atoms with Gasteiger partial charge in [-0.3, -0.25) is 14.4 Å². The Hall–Kier alpha value is -3.48. The van der Waals surface area contributed by atoms with E-state index in [1.54, 1.807) is 36.2 Å². The quantitative estimate of drug-likeness (QED) is 0.732. The fourth-order valence-corrected chi connectivity index (χ4v) is 4.06. The zero-order valence-electron chi connectivity index (χ0n) is 16.0. The zero-order valence-corrected chi connectivity index (χ0v) is 16.0. The predicted molar refractivity (Wildman–Crippen MR) is 108 cm³/mol. The van der Waals surface area contributed by atoms with E-state index in [0.29, 0.717) is 23.0 Å². The first kappa shape index (κ1) is 18.9. The lowest BCUT2D eigenvalue weighted by molar-refractivity contribution is -0.141. The number of likely N-dealkylation sites (tertiary alicyclic amines) is 1. The van der Waals surface area contributed by atoms with Crippen LogP contribution in [0.15, 0.2) is 59.4 Å². The molecule has 4 rings (SSSR count). The second-order valence-electron chi connectivity index (χ2n) is 7.36.